The minimum atomic E-state index is -3.47. The first-order chi connectivity index (χ1) is 15.3. The molecule has 0 bridgehead atoms. The quantitative estimate of drug-likeness (QED) is 0.552. The van der Waals surface area contributed by atoms with Crippen LogP contribution in [0.3, 0.4) is 0 Å². The number of thiophene rings is 1. The van der Waals surface area contributed by atoms with Crippen molar-refractivity contribution in [2.45, 2.75) is 31.0 Å². The summed E-state index contributed by atoms with van der Waals surface area (Å²) in [4.78, 5) is 14.7. The fraction of sp³-hybridized carbons (Fsp3) is 0.524. The average Bonchev–Trinajstić information content (AvgIpc) is 3.38. The maximum absolute atomic E-state index is 12.8. The number of nitrogens with zero attached hydrogens (tertiary/aromatic N) is 4. The van der Waals surface area contributed by atoms with Gasteiger partial charge in [-0.05, 0) is 37.3 Å². The molecular weight excluding hydrogens is 450 g/mol. The first kappa shape index (κ1) is 24.4. The highest BCUT2D eigenvalue weighted by molar-refractivity contribution is 7.91. The van der Waals surface area contributed by atoms with Gasteiger partial charge in [-0.1, -0.05) is 6.07 Å². The van der Waals surface area contributed by atoms with Crippen molar-refractivity contribution in [3.8, 4) is 6.07 Å². The third kappa shape index (κ3) is 5.22. The van der Waals surface area contributed by atoms with Crippen LogP contribution < -0.4 is 5.32 Å². The summed E-state index contributed by atoms with van der Waals surface area (Å²) < 4.78 is 34.2. The molecule has 1 fully saturated rings. The number of nitrogens with one attached hydrogen (secondary N) is 1. The Morgan fingerprint density at radius 1 is 1.28 bits per heavy atom. The number of carbonyl (C=O) groups is 1. The predicted octanol–water partition coefficient (Wildman–Crippen LogP) is 2.02. The summed E-state index contributed by atoms with van der Waals surface area (Å²) in [6.45, 7) is 6.79. The summed E-state index contributed by atoms with van der Waals surface area (Å²) in [5.41, 5.74) is 2.27. The number of carbonyl (C=O) groups excluding carboxylic acids is 1. The molecule has 0 radical (unpaired) electrons. The SMILES string of the molecule is COCCCn1c(C)c(C)c(C#N)c1NC(=O)CN1CCN(S(=O)(=O)c2cccs2)CC1. The molecular formula is C21H29N5O4S2. The van der Waals surface area contributed by atoms with Crippen LogP contribution in [0, 0.1) is 25.2 Å². The zero-order valence-corrected chi connectivity index (χ0v) is 20.3. The fourth-order valence-corrected chi connectivity index (χ4v) is 6.38. The number of hydrogen-bond acceptors (Lipinski definition) is 7. The summed E-state index contributed by atoms with van der Waals surface area (Å²) in [5.74, 6) is 0.295. The number of ether oxygens (including phenoxy) is 1. The number of nitriles is 1. The molecule has 0 atom stereocenters. The van der Waals surface area contributed by atoms with Gasteiger partial charge in [0.25, 0.3) is 10.0 Å². The molecule has 11 heteroatoms. The van der Waals surface area contributed by atoms with Crippen LogP contribution in [0.2, 0.25) is 0 Å². The lowest BCUT2D eigenvalue weighted by Gasteiger charge is -2.33. The number of anilines is 1. The van der Waals surface area contributed by atoms with Crippen LogP contribution >= 0.6 is 11.3 Å². The number of sulfonamides is 1. The van der Waals surface area contributed by atoms with E-state index in [-0.39, 0.29) is 12.5 Å². The lowest BCUT2D eigenvalue weighted by Crippen LogP contribution is -2.50. The van der Waals surface area contributed by atoms with Gasteiger partial charge in [-0.25, -0.2) is 8.42 Å². The Bertz CT molecular complexity index is 1080. The molecule has 32 heavy (non-hydrogen) atoms. The van der Waals surface area contributed by atoms with Crippen molar-refractivity contribution in [2.75, 3.05) is 51.8 Å². The molecule has 1 N–H and O–H groups in total. The second-order valence-corrected chi connectivity index (χ2v) is 10.8. The van der Waals surface area contributed by atoms with E-state index in [1.54, 1.807) is 24.6 Å². The van der Waals surface area contributed by atoms with Crippen molar-refractivity contribution in [3.05, 3.63) is 34.3 Å². The number of piperazine rings is 1. The van der Waals surface area contributed by atoms with Crippen molar-refractivity contribution < 1.29 is 17.9 Å². The largest absolute Gasteiger partial charge is 0.385 e. The average molecular weight is 480 g/mol. The number of methoxy groups -OCH3 is 1. The van der Waals surface area contributed by atoms with E-state index in [4.69, 9.17) is 4.74 Å². The van der Waals surface area contributed by atoms with Crippen LogP contribution in [-0.2, 0) is 26.1 Å². The molecule has 0 saturated carbocycles. The van der Waals surface area contributed by atoms with Gasteiger partial charge in [0.1, 0.15) is 16.1 Å². The molecule has 174 valence electrons. The van der Waals surface area contributed by atoms with Gasteiger partial charge in [0.15, 0.2) is 0 Å². The molecule has 0 aromatic carbocycles. The first-order valence-electron chi connectivity index (χ1n) is 10.4. The second-order valence-electron chi connectivity index (χ2n) is 7.70. The Hall–Kier alpha value is -2.23. The summed E-state index contributed by atoms with van der Waals surface area (Å²) in [6, 6.07) is 5.54. The minimum absolute atomic E-state index is 0.138. The van der Waals surface area contributed by atoms with Crippen LogP contribution in [0.25, 0.3) is 0 Å². The Kier molecular flexibility index (Phi) is 8.08. The van der Waals surface area contributed by atoms with Gasteiger partial charge in [-0.2, -0.15) is 9.57 Å². The molecule has 3 rings (SSSR count). The molecule has 1 saturated heterocycles. The van der Waals surface area contributed by atoms with Gasteiger partial charge in [0.05, 0.1) is 12.1 Å². The molecule has 1 aliphatic heterocycles. The summed E-state index contributed by atoms with van der Waals surface area (Å²) in [7, 11) is -1.83. The van der Waals surface area contributed by atoms with Crippen LogP contribution in [0.4, 0.5) is 5.82 Å². The molecule has 2 aromatic heterocycles. The molecule has 9 nitrogen and oxygen atoms in total. The predicted molar refractivity (Wildman–Crippen MR) is 123 cm³/mol. The van der Waals surface area contributed by atoms with Gasteiger partial charge in [-0.15, -0.1) is 11.3 Å². The number of rotatable bonds is 9. The van der Waals surface area contributed by atoms with E-state index in [1.165, 1.54) is 15.6 Å². The van der Waals surface area contributed by atoms with Gasteiger partial charge in [-0.3, -0.25) is 9.69 Å². The van der Waals surface area contributed by atoms with Gasteiger partial charge < -0.3 is 14.6 Å². The molecule has 0 aliphatic carbocycles. The van der Waals surface area contributed by atoms with E-state index < -0.39 is 10.0 Å². The highest BCUT2D eigenvalue weighted by atomic mass is 32.2. The van der Waals surface area contributed by atoms with E-state index in [2.05, 4.69) is 11.4 Å². The molecule has 2 aromatic rings. The topological polar surface area (TPSA) is 108 Å². The molecule has 1 aliphatic rings. The van der Waals surface area contributed by atoms with E-state index in [1.807, 2.05) is 23.3 Å². The van der Waals surface area contributed by atoms with Crippen molar-refractivity contribution in [2.24, 2.45) is 0 Å². The standard InChI is InChI=1S/C21H29N5O4S2/c1-16-17(2)26(7-5-12-30-3)21(18(16)14-22)23-19(27)15-24-8-10-25(11-9-24)32(28,29)20-6-4-13-31-20/h4,6,13H,5,7-12,15H2,1-3H3,(H,23,27). The zero-order chi connectivity index (χ0) is 23.3. The third-order valence-corrected chi connectivity index (χ3v) is 8.99. The lowest BCUT2D eigenvalue weighted by atomic mass is 10.2. The van der Waals surface area contributed by atoms with Crippen molar-refractivity contribution in [1.29, 1.82) is 5.26 Å². The maximum Gasteiger partial charge on any atom is 0.252 e. The smallest absolute Gasteiger partial charge is 0.252 e. The van der Waals surface area contributed by atoms with Crippen LogP contribution in [0.15, 0.2) is 21.7 Å². The Morgan fingerprint density at radius 3 is 2.59 bits per heavy atom. The molecule has 1 amide bonds. The van der Waals surface area contributed by atoms with E-state index in [0.29, 0.717) is 54.9 Å². The van der Waals surface area contributed by atoms with Crippen molar-refractivity contribution >= 4 is 33.1 Å². The van der Waals surface area contributed by atoms with E-state index in [0.717, 1.165) is 17.7 Å². The zero-order valence-electron chi connectivity index (χ0n) is 18.6. The van der Waals surface area contributed by atoms with E-state index >= 15 is 0 Å². The van der Waals surface area contributed by atoms with E-state index in [9.17, 15) is 18.5 Å². The Morgan fingerprint density at radius 2 is 2.00 bits per heavy atom. The Labute approximate surface area is 193 Å². The monoisotopic (exact) mass is 479 g/mol. The minimum Gasteiger partial charge on any atom is -0.385 e. The highest BCUT2D eigenvalue weighted by Gasteiger charge is 2.30. The van der Waals surface area contributed by atoms with Crippen LogP contribution in [-0.4, -0.2) is 74.5 Å². The van der Waals surface area contributed by atoms with Crippen LogP contribution in [0.1, 0.15) is 23.2 Å². The normalized spacial score (nSPS) is 15.6. The summed E-state index contributed by atoms with van der Waals surface area (Å²) >= 11 is 1.21. The maximum atomic E-state index is 12.8. The number of amides is 1. The van der Waals surface area contributed by atoms with Gasteiger partial charge in [0, 0.05) is 52.1 Å². The van der Waals surface area contributed by atoms with Crippen molar-refractivity contribution in [3.63, 3.8) is 0 Å². The number of aromatic nitrogens is 1. The summed E-state index contributed by atoms with van der Waals surface area (Å²) in [5, 5.41) is 14.3. The first-order valence-corrected chi connectivity index (χ1v) is 12.8. The second kappa shape index (κ2) is 10.6. The molecule has 3 heterocycles. The Balaban J connectivity index is 1.62. The highest BCUT2D eigenvalue weighted by Crippen LogP contribution is 2.27. The van der Waals surface area contributed by atoms with Crippen molar-refractivity contribution in [1.82, 2.24) is 13.8 Å². The molecule has 0 spiro atoms. The summed E-state index contributed by atoms with van der Waals surface area (Å²) in [6.07, 6.45) is 0.764. The van der Waals surface area contributed by atoms with Crippen LogP contribution in [0.5, 0.6) is 0 Å². The molecule has 0 unspecified atom stereocenters. The van der Waals surface area contributed by atoms with Gasteiger partial charge in [0.2, 0.25) is 5.91 Å². The number of hydrogen-bond donors (Lipinski definition) is 1. The van der Waals surface area contributed by atoms with Gasteiger partial charge >= 0.3 is 0 Å². The lowest BCUT2D eigenvalue weighted by molar-refractivity contribution is -0.117. The third-order valence-electron chi connectivity index (χ3n) is 5.72. The fourth-order valence-electron chi connectivity index (χ4n) is 3.82.